The number of pyridine rings is 1. The zero-order valence-corrected chi connectivity index (χ0v) is 8.24. The quantitative estimate of drug-likeness (QED) is 0.769. The van der Waals surface area contributed by atoms with E-state index in [4.69, 9.17) is 16.3 Å². The molecule has 0 radical (unpaired) electrons. The number of halogens is 1. The Bertz CT molecular complexity index is 321. The Morgan fingerprint density at radius 2 is 2.43 bits per heavy atom. The van der Waals surface area contributed by atoms with Crippen molar-refractivity contribution in [3.63, 3.8) is 0 Å². The molecule has 2 unspecified atom stereocenters. The molecule has 0 amide bonds. The van der Waals surface area contributed by atoms with Crippen LogP contribution in [0.25, 0.3) is 0 Å². The van der Waals surface area contributed by atoms with Gasteiger partial charge in [-0.2, -0.15) is 0 Å². The molecule has 14 heavy (non-hydrogen) atoms. The highest BCUT2D eigenvalue weighted by atomic mass is 35.5. The number of aromatic nitrogens is 1. The molecule has 76 valence electrons. The standard InChI is InChI=1S/C9H11ClN2O2/c10-6-2-1-3-11-9(6)12-7-4-14-5-8(7)13/h1-3,7-8,13H,4-5H2,(H,11,12). The maximum absolute atomic E-state index is 9.48. The first-order chi connectivity index (χ1) is 6.77. The van der Waals surface area contributed by atoms with E-state index in [1.165, 1.54) is 0 Å². The zero-order valence-electron chi connectivity index (χ0n) is 7.48. The van der Waals surface area contributed by atoms with E-state index in [1.807, 2.05) is 0 Å². The van der Waals surface area contributed by atoms with Gasteiger partial charge in [-0.25, -0.2) is 4.98 Å². The number of anilines is 1. The van der Waals surface area contributed by atoms with Crippen molar-refractivity contribution in [2.75, 3.05) is 18.5 Å². The van der Waals surface area contributed by atoms with E-state index in [2.05, 4.69) is 10.3 Å². The molecule has 5 heteroatoms. The molecule has 2 N–H and O–H groups in total. The Balaban J connectivity index is 2.07. The fraction of sp³-hybridized carbons (Fsp3) is 0.444. The number of aliphatic hydroxyl groups excluding tert-OH is 1. The molecule has 0 aliphatic carbocycles. The molecule has 1 aromatic heterocycles. The van der Waals surface area contributed by atoms with Gasteiger partial charge in [-0.05, 0) is 12.1 Å². The van der Waals surface area contributed by atoms with Crippen molar-refractivity contribution in [2.24, 2.45) is 0 Å². The maximum atomic E-state index is 9.48. The second-order valence-electron chi connectivity index (χ2n) is 3.19. The molecule has 1 fully saturated rings. The van der Waals surface area contributed by atoms with Gasteiger partial charge in [-0.3, -0.25) is 0 Å². The number of hydrogen-bond acceptors (Lipinski definition) is 4. The third-order valence-corrected chi connectivity index (χ3v) is 2.44. The van der Waals surface area contributed by atoms with E-state index in [9.17, 15) is 5.11 Å². The topological polar surface area (TPSA) is 54.4 Å². The molecule has 2 atom stereocenters. The maximum Gasteiger partial charge on any atom is 0.145 e. The molecule has 1 aromatic rings. The van der Waals surface area contributed by atoms with Crippen molar-refractivity contribution in [1.29, 1.82) is 0 Å². The number of rotatable bonds is 2. The van der Waals surface area contributed by atoms with E-state index in [0.717, 1.165) is 0 Å². The van der Waals surface area contributed by atoms with Crippen molar-refractivity contribution >= 4 is 17.4 Å². The van der Waals surface area contributed by atoms with Gasteiger partial charge >= 0.3 is 0 Å². The molecule has 0 aromatic carbocycles. The Hall–Kier alpha value is -0.840. The molecule has 4 nitrogen and oxygen atoms in total. The highest BCUT2D eigenvalue weighted by molar-refractivity contribution is 6.32. The summed E-state index contributed by atoms with van der Waals surface area (Å²) in [4.78, 5) is 4.07. The number of aliphatic hydroxyl groups is 1. The highest BCUT2D eigenvalue weighted by Gasteiger charge is 2.26. The summed E-state index contributed by atoms with van der Waals surface area (Å²) in [6, 6.07) is 3.39. The lowest BCUT2D eigenvalue weighted by Gasteiger charge is -2.15. The van der Waals surface area contributed by atoms with Gasteiger partial charge in [0.05, 0.1) is 30.4 Å². The van der Waals surface area contributed by atoms with E-state index in [1.54, 1.807) is 18.3 Å². The Morgan fingerprint density at radius 3 is 3.07 bits per heavy atom. The molecular formula is C9H11ClN2O2. The molecular weight excluding hydrogens is 204 g/mol. The van der Waals surface area contributed by atoms with Crippen LogP contribution in [0, 0.1) is 0 Å². The number of nitrogens with one attached hydrogen (secondary N) is 1. The first-order valence-electron chi connectivity index (χ1n) is 4.40. The SMILES string of the molecule is OC1COCC1Nc1ncccc1Cl. The van der Waals surface area contributed by atoms with Crippen molar-refractivity contribution in [3.05, 3.63) is 23.4 Å². The number of ether oxygens (including phenoxy) is 1. The van der Waals surface area contributed by atoms with Crippen molar-refractivity contribution in [3.8, 4) is 0 Å². The van der Waals surface area contributed by atoms with E-state index >= 15 is 0 Å². The van der Waals surface area contributed by atoms with Gasteiger partial charge in [0.15, 0.2) is 0 Å². The lowest BCUT2D eigenvalue weighted by molar-refractivity contribution is 0.125. The predicted octanol–water partition coefficient (Wildman–Crippen LogP) is 0.907. The minimum Gasteiger partial charge on any atom is -0.388 e. The van der Waals surface area contributed by atoms with E-state index in [0.29, 0.717) is 24.1 Å². The zero-order chi connectivity index (χ0) is 9.97. The fourth-order valence-electron chi connectivity index (χ4n) is 1.35. The van der Waals surface area contributed by atoms with Gasteiger partial charge in [0.2, 0.25) is 0 Å². The molecule has 2 rings (SSSR count). The normalized spacial score (nSPS) is 26.4. The largest absolute Gasteiger partial charge is 0.388 e. The average Bonchev–Trinajstić information content (AvgIpc) is 2.56. The molecule has 1 saturated heterocycles. The summed E-state index contributed by atoms with van der Waals surface area (Å²) < 4.78 is 5.10. The van der Waals surface area contributed by atoms with Crippen LogP contribution in [-0.4, -0.2) is 35.5 Å². The van der Waals surface area contributed by atoms with Crippen LogP contribution in [0.4, 0.5) is 5.82 Å². The van der Waals surface area contributed by atoms with Gasteiger partial charge in [-0.15, -0.1) is 0 Å². The molecule has 0 saturated carbocycles. The van der Waals surface area contributed by atoms with Crippen LogP contribution in [0.3, 0.4) is 0 Å². The summed E-state index contributed by atoms with van der Waals surface area (Å²) in [5.41, 5.74) is 0. The molecule has 1 aliphatic rings. The van der Waals surface area contributed by atoms with Crippen LogP contribution in [0.1, 0.15) is 0 Å². The second kappa shape index (κ2) is 4.13. The Morgan fingerprint density at radius 1 is 1.57 bits per heavy atom. The molecule has 2 heterocycles. The van der Waals surface area contributed by atoms with Crippen LogP contribution < -0.4 is 5.32 Å². The highest BCUT2D eigenvalue weighted by Crippen LogP contribution is 2.20. The molecule has 0 bridgehead atoms. The Kier molecular flexibility index (Phi) is 2.86. The smallest absolute Gasteiger partial charge is 0.145 e. The van der Waals surface area contributed by atoms with Crippen molar-refractivity contribution in [1.82, 2.24) is 4.98 Å². The molecule has 1 aliphatic heterocycles. The minimum atomic E-state index is -0.493. The van der Waals surface area contributed by atoms with Gasteiger partial charge in [0, 0.05) is 6.20 Å². The van der Waals surface area contributed by atoms with Gasteiger partial charge in [0.25, 0.3) is 0 Å². The van der Waals surface area contributed by atoms with Crippen LogP contribution >= 0.6 is 11.6 Å². The number of nitrogens with zero attached hydrogens (tertiary/aromatic N) is 1. The van der Waals surface area contributed by atoms with Crippen LogP contribution in [0.15, 0.2) is 18.3 Å². The average molecular weight is 215 g/mol. The van der Waals surface area contributed by atoms with Crippen LogP contribution in [0.5, 0.6) is 0 Å². The van der Waals surface area contributed by atoms with Gasteiger partial charge in [-0.1, -0.05) is 11.6 Å². The summed E-state index contributed by atoms with van der Waals surface area (Å²) in [6.07, 6.45) is 1.16. The number of hydrogen-bond donors (Lipinski definition) is 2. The lowest BCUT2D eigenvalue weighted by atomic mass is 10.2. The third-order valence-electron chi connectivity index (χ3n) is 2.13. The van der Waals surface area contributed by atoms with Gasteiger partial charge in [0.1, 0.15) is 5.82 Å². The molecule has 0 spiro atoms. The van der Waals surface area contributed by atoms with Crippen molar-refractivity contribution in [2.45, 2.75) is 12.1 Å². The van der Waals surface area contributed by atoms with Crippen molar-refractivity contribution < 1.29 is 9.84 Å². The fourth-order valence-corrected chi connectivity index (χ4v) is 1.52. The first kappa shape index (κ1) is 9.71. The monoisotopic (exact) mass is 214 g/mol. The lowest BCUT2D eigenvalue weighted by Crippen LogP contribution is -2.32. The predicted molar refractivity (Wildman–Crippen MR) is 53.5 cm³/mol. The second-order valence-corrected chi connectivity index (χ2v) is 3.60. The summed E-state index contributed by atoms with van der Waals surface area (Å²) in [5.74, 6) is 0.587. The van der Waals surface area contributed by atoms with Crippen LogP contribution in [0.2, 0.25) is 5.02 Å². The third kappa shape index (κ3) is 1.97. The van der Waals surface area contributed by atoms with E-state index in [-0.39, 0.29) is 6.04 Å². The Labute approximate surface area is 86.9 Å². The summed E-state index contributed by atoms with van der Waals surface area (Å²) in [6.45, 7) is 0.843. The summed E-state index contributed by atoms with van der Waals surface area (Å²) in [5, 5.41) is 13.1. The van der Waals surface area contributed by atoms with Crippen LogP contribution in [-0.2, 0) is 4.74 Å². The summed E-state index contributed by atoms with van der Waals surface area (Å²) >= 11 is 5.90. The minimum absolute atomic E-state index is 0.123. The summed E-state index contributed by atoms with van der Waals surface area (Å²) in [7, 11) is 0. The first-order valence-corrected chi connectivity index (χ1v) is 4.78. The van der Waals surface area contributed by atoms with E-state index < -0.39 is 6.10 Å². The van der Waals surface area contributed by atoms with Gasteiger partial charge < -0.3 is 15.2 Å².